The average molecular weight is 413 g/mol. The van der Waals surface area contributed by atoms with Crippen LogP contribution in [0.1, 0.15) is 5.56 Å². The minimum Gasteiger partial charge on any atom is -0.449 e. The first-order chi connectivity index (χ1) is 14.3. The molecule has 0 spiro atoms. The van der Waals surface area contributed by atoms with Gasteiger partial charge in [-0.05, 0) is 12.1 Å². The molecule has 4 rings (SSSR count). The maximum atomic E-state index is 14.1. The van der Waals surface area contributed by atoms with Crippen LogP contribution in [0.4, 0.5) is 25.2 Å². The molecule has 5 N–H and O–H groups in total. The fraction of sp³-hybridized carbons (Fsp3) is 0.0556. The summed E-state index contributed by atoms with van der Waals surface area (Å²) >= 11 is 0. The number of benzene rings is 1. The van der Waals surface area contributed by atoms with Gasteiger partial charge in [-0.2, -0.15) is 5.10 Å². The zero-order valence-electron chi connectivity index (χ0n) is 15.1. The largest absolute Gasteiger partial charge is 0.511 e. The molecule has 0 amide bonds. The highest BCUT2D eigenvalue weighted by Crippen LogP contribution is 2.32. The third kappa shape index (κ3) is 3.41. The number of aromatic nitrogens is 5. The first-order valence-corrected chi connectivity index (χ1v) is 8.43. The molecule has 4 aromatic rings. The molecule has 3 aromatic heterocycles. The van der Waals surface area contributed by atoms with Crippen LogP contribution in [-0.4, -0.2) is 36.0 Å². The molecule has 0 saturated carbocycles. The van der Waals surface area contributed by atoms with Gasteiger partial charge in [0.05, 0.1) is 18.1 Å². The van der Waals surface area contributed by atoms with E-state index in [1.54, 1.807) is 18.2 Å². The van der Waals surface area contributed by atoms with E-state index in [4.69, 9.17) is 16.6 Å². The van der Waals surface area contributed by atoms with Crippen LogP contribution in [-0.2, 0) is 6.54 Å². The van der Waals surface area contributed by atoms with Crippen molar-refractivity contribution < 1.29 is 23.4 Å². The normalized spacial score (nSPS) is 11.0. The van der Waals surface area contributed by atoms with Gasteiger partial charge in [-0.15, -0.1) is 0 Å². The van der Waals surface area contributed by atoms with Crippen LogP contribution < -0.4 is 16.2 Å². The van der Waals surface area contributed by atoms with Crippen LogP contribution >= 0.6 is 0 Å². The molecule has 0 aliphatic rings. The number of carboxylic acid groups (broad SMARTS) is 1. The molecule has 0 radical (unpaired) electrons. The second-order valence-electron chi connectivity index (χ2n) is 6.14. The van der Waals surface area contributed by atoms with Crippen molar-refractivity contribution in [2.45, 2.75) is 6.54 Å². The summed E-state index contributed by atoms with van der Waals surface area (Å²) in [6, 6.07) is 7.28. The van der Waals surface area contributed by atoms with Gasteiger partial charge in [0.2, 0.25) is 5.75 Å². The SMILES string of the molecule is Nc1nc(-c2nn(Cc3ccccc3F)c3ncc(F)cc23)nc(N)c1OC(=O)O. The summed E-state index contributed by atoms with van der Waals surface area (Å²) in [5.41, 5.74) is 12.1. The summed E-state index contributed by atoms with van der Waals surface area (Å²) in [5.74, 6) is -2.30. The molecule has 0 aliphatic heterocycles. The molecule has 0 atom stereocenters. The van der Waals surface area contributed by atoms with Crippen LogP contribution in [0.3, 0.4) is 0 Å². The van der Waals surface area contributed by atoms with Crippen molar-refractivity contribution in [3.8, 4) is 17.3 Å². The maximum absolute atomic E-state index is 14.1. The van der Waals surface area contributed by atoms with Crippen molar-refractivity contribution in [2.24, 2.45) is 0 Å². The third-order valence-corrected chi connectivity index (χ3v) is 4.15. The number of ether oxygens (including phenoxy) is 1. The number of carbonyl (C=O) groups is 1. The zero-order valence-corrected chi connectivity index (χ0v) is 15.1. The maximum Gasteiger partial charge on any atom is 0.511 e. The molecule has 0 saturated heterocycles. The molecule has 0 bridgehead atoms. The number of nitrogen functional groups attached to an aromatic ring is 2. The van der Waals surface area contributed by atoms with Crippen LogP contribution in [0.15, 0.2) is 36.5 Å². The Morgan fingerprint density at radius 1 is 1.17 bits per heavy atom. The predicted molar refractivity (Wildman–Crippen MR) is 101 cm³/mol. The number of rotatable bonds is 4. The topological polar surface area (TPSA) is 155 Å². The van der Waals surface area contributed by atoms with E-state index < -0.39 is 23.5 Å². The highest BCUT2D eigenvalue weighted by molar-refractivity contribution is 5.90. The number of hydrogen-bond acceptors (Lipinski definition) is 8. The minimum atomic E-state index is -1.64. The molecule has 0 aliphatic carbocycles. The average Bonchev–Trinajstić information content (AvgIpc) is 3.03. The summed E-state index contributed by atoms with van der Waals surface area (Å²) in [6.45, 7) is 0.00692. The quantitative estimate of drug-likeness (QED) is 0.428. The second-order valence-corrected chi connectivity index (χ2v) is 6.14. The third-order valence-electron chi connectivity index (χ3n) is 4.15. The lowest BCUT2D eigenvalue weighted by Gasteiger charge is -2.07. The Morgan fingerprint density at radius 2 is 1.87 bits per heavy atom. The molecular weight excluding hydrogens is 400 g/mol. The van der Waals surface area contributed by atoms with E-state index in [-0.39, 0.29) is 40.7 Å². The Morgan fingerprint density at radius 3 is 2.53 bits per heavy atom. The van der Waals surface area contributed by atoms with Crippen molar-refractivity contribution in [2.75, 3.05) is 11.5 Å². The van der Waals surface area contributed by atoms with Crippen LogP contribution in [0.25, 0.3) is 22.6 Å². The van der Waals surface area contributed by atoms with Crippen molar-refractivity contribution in [1.29, 1.82) is 0 Å². The lowest BCUT2D eigenvalue weighted by atomic mass is 10.2. The van der Waals surface area contributed by atoms with Gasteiger partial charge in [0.25, 0.3) is 0 Å². The van der Waals surface area contributed by atoms with E-state index >= 15 is 0 Å². The summed E-state index contributed by atoms with van der Waals surface area (Å²) in [5, 5.41) is 13.3. The molecule has 0 fully saturated rings. The van der Waals surface area contributed by atoms with Gasteiger partial charge >= 0.3 is 6.16 Å². The monoisotopic (exact) mass is 413 g/mol. The molecule has 1 aromatic carbocycles. The number of anilines is 2. The molecule has 3 heterocycles. The Labute approximate surface area is 166 Å². The van der Waals surface area contributed by atoms with Gasteiger partial charge in [-0.3, -0.25) is 0 Å². The smallest absolute Gasteiger partial charge is 0.449 e. The van der Waals surface area contributed by atoms with E-state index in [9.17, 15) is 13.6 Å². The van der Waals surface area contributed by atoms with E-state index in [2.05, 4.69) is 24.8 Å². The van der Waals surface area contributed by atoms with E-state index in [0.717, 1.165) is 6.20 Å². The molecule has 30 heavy (non-hydrogen) atoms. The van der Waals surface area contributed by atoms with Gasteiger partial charge in [0.15, 0.2) is 23.1 Å². The fourth-order valence-electron chi connectivity index (χ4n) is 2.88. The first-order valence-electron chi connectivity index (χ1n) is 8.43. The first kappa shape index (κ1) is 19.0. The summed E-state index contributed by atoms with van der Waals surface area (Å²) in [4.78, 5) is 22.7. The van der Waals surface area contributed by atoms with Crippen molar-refractivity contribution in [1.82, 2.24) is 24.7 Å². The number of nitrogens with two attached hydrogens (primary N) is 2. The Hall–Kier alpha value is -4.35. The van der Waals surface area contributed by atoms with Gasteiger partial charge in [0, 0.05) is 5.56 Å². The molecule has 10 nitrogen and oxygen atoms in total. The van der Waals surface area contributed by atoms with Crippen LogP contribution in [0, 0.1) is 11.6 Å². The molecule has 152 valence electrons. The number of pyridine rings is 1. The summed E-state index contributed by atoms with van der Waals surface area (Å²) in [6.07, 6.45) is -0.644. The van der Waals surface area contributed by atoms with Crippen LogP contribution in [0.5, 0.6) is 5.75 Å². The highest BCUT2D eigenvalue weighted by Gasteiger charge is 2.21. The lowest BCUT2D eigenvalue weighted by molar-refractivity contribution is 0.144. The standard InChI is InChI=1S/C18H13F2N7O3/c19-9-5-10-12(16-24-14(21)13(15(22)25-16)30-18(28)29)26-27(17(10)23-6-9)7-8-3-1-2-4-11(8)20/h1-6H,7H2,(H,28,29)(H4,21,22,24,25). The summed E-state index contributed by atoms with van der Waals surface area (Å²) < 4.78 is 33.8. The van der Waals surface area contributed by atoms with E-state index in [1.165, 1.54) is 16.8 Å². The fourth-order valence-corrected chi connectivity index (χ4v) is 2.88. The molecule has 0 unspecified atom stereocenters. The lowest BCUT2D eigenvalue weighted by Crippen LogP contribution is -2.11. The minimum absolute atomic E-state index is 0.00692. The number of hydrogen-bond donors (Lipinski definition) is 3. The Balaban J connectivity index is 1.87. The van der Waals surface area contributed by atoms with Gasteiger partial charge in [-0.25, -0.2) is 33.2 Å². The number of nitrogens with zero attached hydrogens (tertiary/aromatic N) is 5. The van der Waals surface area contributed by atoms with Gasteiger partial charge in [0.1, 0.15) is 17.3 Å². The van der Waals surface area contributed by atoms with Gasteiger partial charge in [-0.1, -0.05) is 18.2 Å². The molecule has 12 heteroatoms. The van der Waals surface area contributed by atoms with Crippen molar-refractivity contribution >= 4 is 28.8 Å². The predicted octanol–water partition coefficient (Wildman–Crippen LogP) is 2.44. The highest BCUT2D eigenvalue weighted by atomic mass is 19.1. The van der Waals surface area contributed by atoms with E-state index in [1.807, 2.05) is 0 Å². The second kappa shape index (κ2) is 7.24. The number of halogens is 2. The van der Waals surface area contributed by atoms with Crippen LogP contribution in [0.2, 0.25) is 0 Å². The van der Waals surface area contributed by atoms with E-state index in [0.29, 0.717) is 5.56 Å². The number of fused-ring (bicyclic) bond motifs is 1. The molecular formula is C18H13F2N7O3. The van der Waals surface area contributed by atoms with Gasteiger partial charge < -0.3 is 21.3 Å². The Kier molecular flexibility index (Phi) is 4.58. The zero-order chi connectivity index (χ0) is 21.4. The van der Waals surface area contributed by atoms with Crippen molar-refractivity contribution in [3.63, 3.8) is 0 Å². The summed E-state index contributed by atoms with van der Waals surface area (Å²) in [7, 11) is 0. The van der Waals surface area contributed by atoms with Crippen molar-refractivity contribution in [3.05, 3.63) is 53.7 Å². The Bertz CT molecular complexity index is 1270.